The van der Waals surface area contributed by atoms with E-state index in [0.29, 0.717) is 18.9 Å². The summed E-state index contributed by atoms with van der Waals surface area (Å²) >= 11 is 6.14. The molecule has 0 spiro atoms. The molecule has 1 heterocycles. The van der Waals surface area contributed by atoms with Gasteiger partial charge in [0.1, 0.15) is 0 Å². The quantitative estimate of drug-likeness (QED) is 0.917. The summed E-state index contributed by atoms with van der Waals surface area (Å²) in [7, 11) is 0. The lowest BCUT2D eigenvalue weighted by Gasteiger charge is -2.39. The number of aryl methyl sites for hydroxylation is 1. The molecule has 1 aliphatic heterocycles. The summed E-state index contributed by atoms with van der Waals surface area (Å²) in [5, 5.41) is 10.8. The number of carbonyl (C=O) groups is 1. The van der Waals surface area contributed by atoms with Crippen LogP contribution in [0.15, 0.2) is 24.3 Å². The van der Waals surface area contributed by atoms with Crippen molar-refractivity contribution in [2.24, 2.45) is 0 Å². The minimum absolute atomic E-state index is 0.183. The molecule has 23 heavy (non-hydrogen) atoms. The van der Waals surface area contributed by atoms with E-state index in [-0.39, 0.29) is 12.0 Å². The van der Waals surface area contributed by atoms with Crippen molar-refractivity contribution < 1.29 is 9.90 Å². The number of rotatable bonds is 4. The molecule has 0 aromatic heterocycles. The number of benzene rings is 1. The molecular weight excluding hydrogens is 312 g/mol. The molecule has 3 rings (SSSR count). The lowest BCUT2D eigenvalue weighted by atomic mass is 10.1. The van der Waals surface area contributed by atoms with Crippen LogP contribution in [-0.4, -0.2) is 59.1 Å². The second kappa shape index (κ2) is 7.65. The van der Waals surface area contributed by atoms with Gasteiger partial charge in [0, 0.05) is 43.7 Å². The summed E-state index contributed by atoms with van der Waals surface area (Å²) in [6, 6.07) is 8.01. The number of aliphatic hydroxyl groups is 1. The summed E-state index contributed by atoms with van der Waals surface area (Å²) in [4.78, 5) is 16.7. The van der Waals surface area contributed by atoms with Crippen molar-refractivity contribution in [3.63, 3.8) is 0 Å². The molecule has 4 nitrogen and oxygen atoms in total. The van der Waals surface area contributed by atoms with E-state index in [9.17, 15) is 9.90 Å². The Morgan fingerprint density at radius 2 is 1.91 bits per heavy atom. The molecule has 1 aliphatic carbocycles. The van der Waals surface area contributed by atoms with Gasteiger partial charge in [0.15, 0.2) is 0 Å². The predicted molar refractivity (Wildman–Crippen MR) is 91.6 cm³/mol. The largest absolute Gasteiger partial charge is 0.391 e. The first-order valence-corrected chi connectivity index (χ1v) is 8.96. The summed E-state index contributed by atoms with van der Waals surface area (Å²) < 4.78 is 0. The van der Waals surface area contributed by atoms with Crippen LogP contribution in [-0.2, 0) is 11.2 Å². The summed E-state index contributed by atoms with van der Waals surface area (Å²) in [6.07, 6.45) is 4.14. The average molecular weight is 337 g/mol. The molecule has 1 saturated carbocycles. The third-order valence-corrected chi connectivity index (χ3v) is 5.51. The zero-order chi connectivity index (χ0) is 16.2. The fourth-order valence-electron chi connectivity index (χ4n) is 3.75. The summed E-state index contributed by atoms with van der Waals surface area (Å²) in [6.45, 7) is 3.29. The van der Waals surface area contributed by atoms with E-state index in [2.05, 4.69) is 4.90 Å². The van der Waals surface area contributed by atoms with Crippen LogP contribution in [0.4, 0.5) is 0 Å². The van der Waals surface area contributed by atoms with Gasteiger partial charge in [0.2, 0.25) is 5.91 Å². The molecule has 0 radical (unpaired) electrons. The Labute approximate surface area is 143 Å². The first-order chi connectivity index (χ1) is 11.1. The number of carbonyl (C=O) groups excluding carboxylic acids is 1. The van der Waals surface area contributed by atoms with Gasteiger partial charge in [0.25, 0.3) is 0 Å². The molecule has 1 amide bonds. The van der Waals surface area contributed by atoms with Crippen LogP contribution >= 0.6 is 11.6 Å². The van der Waals surface area contributed by atoms with Crippen LogP contribution in [0.2, 0.25) is 5.02 Å². The van der Waals surface area contributed by atoms with Crippen LogP contribution in [0, 0.1) is 0 Å². The Kier molecular flexibility index (Phi) is 5.57. The van der Waals surface area contributed by atoms with Crippen LogP contribution in [0.3, 0.4) is 0 Å². The number of hydrogen-bond donors (Lipinski definition) is 1. The van der Waals surface area contributed by atoms with E-state index in [0.717, 1.165) is 56.0 Å². The minimum atomic E-state index is -0.183. The highest BCUT2D eigenvalue weighted by molar-refractivity contribution is 6.31. The minimum Gasteiger partial charge on any atom is -0.391 e. The zero-order valence-corrected chi connectivity index (χ0v) is 14.2. The predicted octanol–water partition coefficient (Wildman–Crippen LogP) is 2.33. The number of halogens is 1. The van der Waals surface area contributed by atoms with E-state index in [1.54, 1.807) is 0 Å². The molecule has 1 saturated heterocycles. The van der Waals surface area contributed by atoms with Crippen molar-refractivity contribution in [1.29, 1.82) is 0 Å². The van der Waals surface area contributed by atoms with E-state index in [1.165, 1.54) is 0 Å². The van der Waals surface area contributed by atoms with Crippen molar-refractivity contribution in [3.8, 4) is 0 Å². The van der Waals surface area contributed by atoms with Crippen LogP contribution in [0.1, 0.15) is 31.2 Å². The van der Waals surface area contributed by atoms with Crippen LogP contribution in [0.25, 0.3) is 0 Å². The summed E-state index contributed by atoms with van der Waals surface area (Å²) in [5.74, 6) is 0.205. The van der Waals surface area contributed by atoms with Crippen LogP contribution < -0.4 is 0 Å². The van der Waals surface area contributed by atoms with Gasteiger partial charge in [-0.1, -0.05) is 29.8 Å². The Balaban J connectivity index is 1.46. The Morgan fingerprint density at radius 1 is 1.17 bits per heavy atom. The van der Waals surface area contributed by atoms with Crippen molar-refractivity contribution in [2.45, 2.75) is 44.2 Å². The van der Waals surface area contributed by atoms with Crippen molar-refractivity contribution >= 4 is 17.5 Å². The molecule has 0 unspecified atom stereocenters. The highest BCUT2D eigenvalue weighted by Crippen LogP contribution is 2.25. The lowest BCUT2D eigenvalue weighted by molar-refractivity contribution is -0.133. The van der Waals surface area contributed by atoms with Crippen LogP contribution in [0.5, 0.6) is 0 Å². The monoisotopic (exact) mass is 336 g/mol. The Morgan fingerprint density at radius 3 is 2.57 bits per heavy atom. The third-order valence-electron chi connectivity index (χ3n) is 5.15. The fraction of sp³-hybridized carbons (Fsp3) is 0.611. The fourth-order valence-corrected chi connectivity index (χ4v) is 3.98. The number of aliphatic hydroxyl groups excluding tert-OH is 1. The van der Waals surface area contributed by atoms with Gasteiger partial charge in [-0.2, -0.15) is 0 Å². The van der Waals surface area contributed by atoms with Crippen molar-refractivity contribution in [1.82, 2.24) is 9.80 Å². The third kappa shape index (κ3) is 4.06. The molecule has 126 valence electrons. The van der Waals surface area contributed by atoms with Gasteiger partial charge < -0.3 is 10.0 Å². The zero-order valence-electron chi connectivity index (χ0n) is 13.5. The maximum Gasteiger partial charge on any atom is 0.222 e. The van der Waals surface area contributed by atoms with Gasteiger partial charge in [-0.15, -0.1) is 0 Å². The Hall–Kier alpha value is -1.10. The average Bonchev–Trinajstić information content (AvgIpc) is 3.00. The number of hydrogen-bond acceptors (Lipinski definition) is 3. The molecule has 1 aromatic rings. The van der Waals surface area contributed by atoms with E-state index in [4.69, 9.17) is 11.6 Å². The van der Waals surface area contributed by atoms with Gasteiger partial charge in [-0.05, 0) is 37.3 Å². The van der Waals surface area contributed by atoms with E-state index < -0.39 is 0 Å². The summed E-state index contributed by atoms with van der Waals surface area (Å²) in [5.41, 5.74) is 1.04. The highest BCUT2D eigenvalue weighted by Gasteiger charge is 2.33. The van der Waals surface area contributed by atoms with Gasteiger partial charge in [-0.25, -0.2) is 0 Å². The number of amides is 1. The second-order valence-corrected chi connectivity index (χ2v) is 6.98. The molecule has 2 atom stereocenters. The van der Waals surface area contributed by atoms with E-state index >= 15 is 0 Å². The molecule has 5 heteroatoms. The molecule has 0 bridgehead atoms. The second-order valence-electron chi connectivity index (χ2n) is 6.57. The smallest absolute Gasteiger partial charge is 0.222 e. The SMILES string of the molecule is O=C(CCc1ccccc1Cl)N1CCN([C@H]2CCC[C@@H]2O)CC1. The van der Waals surface area contributed by atoms with Gasteiger partial charge in [-0.3, -0.25) is 9.69 Å². The highest BCUT2D eigenvalue weighted by atomic mass is 35.5. The molecule has 2 aliphatic rings. The first kappa shape index (κ1) is 16.7. The topological polar surface area (TPSA) is 43.8 Å². The van der Waals surface area contributed by atoms with Crippen molar-refractivity contribution in [2.75, 3.05) is 26.2 Å². The van der Waals surface area contributed by atoms with Gasteiger partial charge in [0.05, 0.1) is 6.10 Å². The molecule has 1 N–H and O–H groups in total. The lowest BCUT2D eigenvalue weighted by Crippen LogP contribution is -2.53. The van der Waals surface area contributed by atoms with Gasteiger partial charge >= 0.3 is 0 Å². The Bertz CT molecular complexity index is 544. The molecule has 1 aromatic carbocycles. The standard InChI is InChI=1S/C18H25ClN2O2/c19-15-5-2-1-4-14(15)8-9-18(23)21-12-10-20(11-13-21)16-6-3-7-17(16)22/h1-2,4-5,16-17,22H,3,6-13H2/t16-,17-/m0/s1. The first-order valence-electron chi connectivity index (χ1n) is 8.58. The maximum atomic E-state index is 12.4. The maximum absolute atomic E-state index is 12.4. The number of piperazine rings is 1. The molecular formula is C18H25ClN2O2. The normalized spacial score (nSPS) is 25.7. The molecule has 2 fully saturated rings. The van der Waals surface area contributed by atoms with Crippen molar-refractivity contribution in [3.05, 3.63) is 34.9 Å². The number of nitrogens with zero attached hydrogens (tertiary/aromatic N) is 2. The van der Waals surface area contributed by atoms with E-state index in [1.807, 2.05) is 29.2 Å².